The Kier molecular flexibility index (Phi) is 4.22. The van der Waals surface area contributed by atoms with E-state index < -0.39 is 0 Å². The molecule has 0 bridgehead atoms. The molecule has 0 fully saturated rings. The number of hydrogen-bond acceptors (Lipinski definition) is 2. The molecule has 1 aromatic heterocycles. The maximum atomic E-state index is 5.71. The molecule has 13 heavy (non-hydrogen) atoms. The van der Waals surface area contributed by atoms with E-state index in [4.69, 9.17) is 28.9 Å². The van der Waals surface area contributed by atoms with Crippen LogP contribution in [-0.4, -0.2) is 11.5 Å². The third-order valence-corrected chi connectivity index (χ3v) is 1.82. The smallest absolute Gasteiger partial charge is 0.131 e. The van der Waals surface area contributed by atoms with Gasteiger partial charge in [-0.3, -0.25) is 0 Å². The fourth-order valence-electron chi connectivity index (χ4n) is 0.895. The van der Waals surface area contributed by atoms with E-state index in [-0.39, 0.29) is 0 Å². The van der Waals surface area contributed by atoms with Gasteiger partial charge in [-0.1, -0.05) is 35.4 Å². The summed E-state index contributed by atoms with van der Waals surface area (Å²) in [4.78, 5) is 3.83. The topological polar surface area (TPSA) is 38.9 Å². The van der Waals surface area contributed by atoms with Gasteiger partial charge in [0.25, 0.3) is 0 Å². The first-order valence-corrected chi connectivity index (χ1v) is 4.67. The highest BCUT2D eigenvalue weighted by molar-refractivity contribution is 6.32. The average Bonchev–Trinajstić information content (AvgIpc) is 2.03. The van der Waals surface area contributed by atoms with Gasteiger partial charge >= 0.3 is 0 Å². The molecular weight excluding hydrogens is 207 g/mol. The van der Waals surface area contributed by atoms with Crippen molar-refractivity contribution in [1.82, 2.24) is 4.98 Å². The van der Waals surface area contributed by atoms with Crippen molar-refractivity contribution in [3.8, 4) is 0 Å². The Morgan fingerprint density at radius 1 is 1.31 bits per heavy atom. The fraction of sp³-hybridized carbons (Fsp3) is 0.222. The third-order valence-electron chi connectivity index (χ3n) is 1.43. The summed E-state index contributed by atoms with van der Waals surface area (Å²) in [7, 11) is 0. The molecule has 0 aromatic carbocycles. The Bertz CT molecular complexity index is 290. The zero-order valence-corrected chi connectivity index (χ0v) is 8.52. The molecule has 0 unspecified atom stereocenters. The van der Waals surface area contributed by atoms with Crippen molar-refractivity contribution in [1.29, 1.82) is 0 Å². The molecule has 0 aliphatic rings. The predicted molar refractivity (Wildman–Crippen MR) is 57.0 cm³/mol. The summed E-state index contributed by atoms with van der Waals surface area (Å²) in [6.45, 7) is 0.642. The van der Waals surface area contributed by atoms with Crippen molar-refractivity contribution in [3.05, 3.63) is 34.1 Å². The molecule has 2 nitrogen and oxygen atoms in total. The summed E-state index contributed by atoms with van der Waals surface area (Å²) >= 11 is 11.4. The molecular formula is C9H10Cl2N2. The largest absolute Gasteiger partial charge is 0.330 e. The quantitative estimate of drug-likeness (QED) is 0.790. The van der Waals surface area contributed by atoms with E-state index in [1.165, 1.54) is 0 Å². The summed E-state index contributed by atoms with van der Waals surface area (Å²) in [5.74, 6) is 0. The Morgan fingerprint density at radius 2 is 1.92 bits per heavy atom. The minimum atomic E-state index is 0.403. The second-order valence-electron chi connectivity index (χ2n) is 2.53. The lowest BCUT2D eigenvalue weighted by Crippen LogP contribution is -1.94. The lowest BCUT2D eigenvalue weighted by Gasteiger charge is -1.95. The van der Waals surface area contributed by atoms with Gasteiger partial charge in [-0.15, -0.1) is 0 Å². The van der Waals surface area contributed by atoms with Crippen LogP contribution < -0.4 is 5.73 Å². The molecule has 1 aromatic rings. The van der Waals surface area contributed by atoms with Gasteiger partial charge in [0.05, 0.1) is 0 Å². The van der Waals surface area contributed by atoms with Gasteiger partial charge in [-0.25, -0.2) is 4.98 Å². The predicted octanol–water partition coefficient (Wildman–Crippen LogP) is 2.75. The molecule has 1 heterocycles. The van der Waals surface area contributed by atoms with Gasteiger partial charge in [0.15, 0.2) is 0 Å². The van der Waals surface area contributed by atoms with Crippen LogP contribution in [-0.2, 0) is 0 Å². The highest BCUT2D eigenvalue weighted by atomic mass is 35.5. The molecule has 0 aliphatic carbocycles. The molecule has 0 aliphatic heterocycles. The molecule has 70 valence electrons. The maximum Gasteiger partial charge on any atom is 0.131 e. The van der Waals surface area contributed by atoms with Crippen LogP contribution in [0, 0.1) is 0 Å². The Balaban J connectivity index is 2.77. The molecule has 1 rings (SSSR count). The van der Waals surface area contributed by atoms with Crippen LogP contribution in [0.25, 0.3) is 6.08 Å². The maximum absolute atomic E-state index is 5.71. The van der Waals surface area contributed by atoms with E-state index in [2.05, 4.69) is 4.98 Å². The zero-order valence-electron chi connectivity index (χ0n) is 7.00. The molecule has 0 spiro atoms. The summed E-state index contributed by atoms with van der Waals surface area (Å²) in [6, 6.07) is 3.50. The standard InChI is InChI=1S/C9H10Cl2N2/c10-8-5-7(3-1-2-4-12)6-9(11)13-8/h1,3,5-6H,2,4,12H2. The molecule has 0 radical (unpaired) electrons. The van der Waals surface area contributed by atoms with Crippen LogP contribution in [0.3, 0.4) is 0 Å². The number of nitrogens with zero attached hydrogens (tertiary/aromatic N) is 1. The summed E-state index contributed by atoms with van der Waals surface area (Å²) in [5, 5.41) is 0.805. The molecule has 0 saturated carbocycles. The van der Waals surface area contributed by atoms with Crippen molar-refractivity contribution in [2.45, 2.75) is 6.42 Å². The molecule has 2 N–H and O–H groups in total. The SMILES string of the molecule is NCCC=Cc1cc(Cl)nc(Cl)c1. The van der Waals surface area contributed by atoms with Crippen molar-refractivity contribution >= 4 is 29.3 Å². The monoisotopic (exact) mass is 216 g/mol. The van der Waals surface area contributed by atoms with E-state index >= 15 is 0 Å². The van der Waals surface area contributed by atoms with Crippen LogP contribution in [0.2, 0.25) is 10.3 Å². The lowest BCUT2D eigenvalue weighted by atomic mass is 10.2. The summed E-state index contributed by atoms with van der Waals surface area (Å²) < 4.78 is 0. The van der Waals surface area contributed by atoms with Crippen molar-refractivity contribution in [3.63, 3.8) is 0 Å². The molecule has 0 atom stereocenters. The molecule has 4 heteroatoms. The number of halogens is 2. The van der Waals surface area contributed by atoms with Crippen LogP contribution in [0.4, 0.5) is 0 Å². The van der Waals surface area contributed by atoms with Gasteiger partial charge in [-0.05, 0) is 30.7 Å². The Hall–Kier alpha value is -0.570. The van der Waals surface area contributed by atoms with E-state index in [0.29, 0.717) is 16.9 Å². The van der Waals surface area contributed by atoms with Gasteiger partial charge < -0.3 is 5.73 Å². The van der Waals surface area contributed by atoms with E-state index in [1.54, 1.807) is 12.1 Å². The van der Waals surface area contributed by atoms with Crippen molar-refractivity contribution in [2.75, 3.05) is 6.54 Å². The Morgan fingerprint density at radius 3 is 2.46 bits per heavy atom. The van der Waals surface area contributed by atoms with Crippen molar-refractivity contribution < 1.29 is 0 Å². The zero-order chi connectivity index (χ0) is 9.68. The number of aromatic nitrogens is 1. The van der Waals surface area contributed by atoms with Crippen LogP contribution >= 0.6 is 23.2 Å². The second kappa shape index (κ2) is 5.22. The highest BCUT2D eigenvalue weighted by Crippen LogP contribution is 2.15. The van der Waals surface area contributed by atoms with Gasteiger partial charge in [0.2, 0.25) is 0 Å². The summed E-state index contributed by atoms with van der Waals surface area (Å²) in [5.41, 5.74) is 6.28. The highest BCUT2D eigenvalue weighted by Gasteiger charge is 1.95. The first-order chi connectivity index (χ1) is 6.22. The summed E-state index contributed by atoms with van der Waals surface area (Å²) in [6.07, 6.45) is 4.74. The molecule has 0 saturated heterocycles. The van der Waals surface area contributed by atoms with E-state index in [1.807, 2.05) is 12.2 Å². The molecule has 0 amide bonds. The normalized spacial score (nSPS) is 11.0. The van der Waals surface area contributed by atoms with Crippen LogP contribution in [0.1, 0.15) is 12.0 Å². The van der Waals surface area contributed by atoms with Crippen LogP contribution in [0.15, 0.2) is 18.2 Å². The van der Waals surface area contributed by atoms with Gasteiger partial charge in [0.1, 0.15) is 10.3 Å². The first kappa shape index (κ1) is 10.5. The lowest BCUT2D eigenvalue weighted by molar-refractivity contribution is 1.01. The minimum Gasteiger partial charge on any atom is -0.330 e. The minimum absolute atomic E-state index is 0.403. The fourth-order valence-corrected chi connectivity index (χ4v) is 1.37. The van der Waals surface area contributed by atoms with Gasteiger partial charge in [0, 0.05) is 0 Å². The Labute approximate surface area is 87.4 Å². The number of rotatable bonds is 3. The number of pyridine rings is 1. The van der Waals surface area contributed by atoms with Crippen molar-refractivity contribution in [2.24, 2.45) is 5.73 Å². The van der Waals surface area contributed by atoms with E-state index in [0.717, 1.165) is 12.0 Å². The number of hydrogen-bond donors (Lipinski definition) is 1. The number of nitrogens with two attached hydrogens (primary N) is 1. The van der Waals surface area contributed by atoms with Crippen LogP contribution in [0.5, 0.6) is 0 Å². The van der Waals surface area contributed by atoms with Gasteiger partial charge in [-0.2, -0.15) is 0 Å². The average molecular weight is 217 g/mol. The van der Waals surface area contributed by atoms with E-state index in [9.17, 15) is 0 Å². The first-order valence-electron chi connectivity index (χ1n) is 3.92. The second-order valence-corrected chi connectivity index (χ2v) is 3.30. The third kappa shape index (κ3) is 3.77.